The van der Waals surface area contributed by atoms with E-state index in [1.54, 1.807) is 0 Å². The average Bonchev–Trinajstić information content (AvgIpc) is 2.53. The largest absolute Gasteiger partial charge is 0.399 e. The van der Waals surface area contributed by atoms with E-state index in [4.69, 9.17) is 5.73 Å². The molecule has 0 aromatic heterocycles. The van der Waals surface area contributed by atoms with E-state index in [9.17, 15) is 29.8 Å². The maximum absolute atomic E-state index is 12.0. The van der Waals surface area contributed by atoms with E-state index in [1.165, 1.54) is 19.1 Å². The molecule has 10 heteroatoms. The molecule has 0 saturated heterocycles. The third kappa shape index (κ3) is 4.13. The Hall–Kier alpha value is -3.82. The van der Waals surface area contributed by atoms with Crippen LogP contribution in [0.3, 0.4) is 0 Å². The molecule has 0 heterocycles. The first-order chi connectivity index (χ1) is 11.7. The number of carbonyl (C=O) groups is 2. The maximum atomic E-state index is 12.0. The van der Waals surface area contributed by atoms with Crippen LogP contribution in [0.2, 0.25) is 0 Å². The third-order valence-electron chi connectivity index (χ3n) is 3.08. The number of anilines is 1. The van der Waals surface area contributed by atoms with Crippen molar-refractivity contribution in [3.05, 3.63) is 73.3 Å². The number of carbonyl (C=O) groups excluding carboxylic acids is 2. The smallest absolute Gasteiger partial charge is 0.346 e. The summed E-state index contributed by atoms with van der Waals surface area (Å²) in [6.45, 7) is 1.53. The van der Waals surface area contributed by atoms with Gasteiger partial charge in [0.05, 0.1) is 21.0 Å². The van der Waals surface area contributed by atoms with Crippen LogP contribution >= 0.6 is 0 Å². The SMILES string of the molecule is Cc1cc(C(=O)OC(=O)c2cc(N)cc([N+](=O)[O-])c2)cc([N+](=O)[O-])c1. The van der Waals surface area contributed by atoms with Crippen LogP contribution in [0.25, 0.3) is 0 Å². The molecule has 2 N–H and O–H groups in total. The second-order valence-corrected chi connectivity index (χ2v) is 5.06. The van der Waals surface area contributed by atoms with Gasteiger partial charge in [-0.2, -0.15) is 0 Å². The fourth-order valence-corrected chi connectivity index (χ4v) is 2.05. The highest BCUT2D eigenvalue weighted by Gasteiger charge is 2.20. The van der Waals surface area contributed by atoms with Gasteiger partial charge < -0.3 is 10.5 Å². The van der Waals surface area contributed by atoms with Gasteiger partial charge in [-0.25, -0.2) is 9.59 Å². The Bertz CT molecular complexity index is 834. The van der Waals surface area contributed by atoms with Gasteiger partial charge in [-0.05, 0) is 24.6 Å². The molecule has 0 unspecified atom stereocenters. The fraction of sp³-hybridized carbons (Fsp3) is 0.0667. The number of nitrogen functional groups attached to an aromatic ring is 1. The molecule has 2 aromatic carbocycles. The molecule has 0 aliphatic heterocycles. The summed E-state index contributed by atoms with van der Waals surface area (Å²) in [5.74, 6) is -2.29. The molecule has 0 bridgehead atoms. The van der Waals surface area contributed by atoms with Crippen LogP contribution in [0.5, 0.6) is 0 Å². The average molecular weight is 345 g/mol. The van der Waals surface area contributed by atoms with Crippen LogP contribution in [0.4, 0.5) is 17.1 Å². The van der Waals surface area contributed by atoms with E-state index in [1.807, 2.05) is 0 Å². The molecule has 0 atom stereocenters. The lowest BCUT2D eigenvalue weighted by Crippen LogP contribution is -2.14. The number of esters is 2. The van der Waals surface area contributed by atoms with Gasteiger partial charge in [-0.15, -0.1) is 0 Å². The maximum Gasteiger partial charge on any atom is 0.346 e. The third-order valence-corrected chi connectivity index (χ3v) is 3.08. The minimum atomic E-state index is -1.16. The molecule has 0 saturated carbocycles. The Morgan fingerprint density at radius 1 is 0.880 bits per heavy atom. The predicted octanol–water partition coefficient (Wildman–Crippen LogP) is 2.39. The van der Waals surface area contributed by atoms with Crippen molar-refractivity contribution < 1.29 is 24.2 Å². The molecule has 25 heavy (non-hydrogen) atoms. The van der Waals surface area contributed by atoms with Crippen molar-refractivity contribution in [2.24, 2.45) is 0 Å². The predicted molar refractivity (Wildman–Crippen MR) is 85.1 cm³/mol. The Morgan fingerprint density at radius 3 is 1.88 bits per heavy atom. The number of aryl methyl sites for hydroxylation is 1. The van der Waals surface area contributed by atoms with Crippen LogP contribution in [0.15, 0.2) is 36.4 Å². The second kappa shape index (κ2) is 6.74. The summed E-state index contributed by atoms with van der Waals surface area (Å²) < 4.78 is 4.62. The summed E-state index contributed by atoms with van der Waals surface area (Å²) in [5.41, 5.74) is 4.59. The van der Waals surface area contributed by atoms with Gasteiger partial charge in [0.25, 0.3) is 11.4 Å². The zero-order valence-corrected chi connectivity index (χ0v) is 12.8. The van der Waals surface area contributed by atoms with Crippen molar-refractivity contribution in [3.8, 4) is 0 Å². The Kier molecular flexibility index (Phi) is 4.73. The van der Waals surface area contributed by atoms with E-state index in [0.717, 1.165) is 24.3 Å². The topological polar surface area (TPSA) is 156 Å². The number of nitrogens with two attached hydrogens (primary N) is 1. The monoisotopic (exact) mass is 345 g/mol. The first kappa shape index (κ1) is 17.5. The summed E-state index contributed by atoms with van der Waals surface area (Å²) in [6, 6.07) is 6.59. The zero-order valence-electron chi connectivity index (χ0n) is 12.8. The van der Waals surface area contributed by atoms with Crippen molar-refractivity contribution in [1.29, 1.82) is 0 Å². The van der Waals surface area contributed by atoms with Gasteiger partial charge in [0.2, 0.25) is 0 Å². The fourth-order valence-electron chi connectivity index (χ4n) is 2.05. The molecule has 128 valence electrons. The van der Waals surface area contributed by atoms with Gasteiger partial charge in [0.1, 0.15) is 0 Å². The molecule has 0 aliphatic rings. The van der Waals surface area contributed by atoms with Crippen molar-refractivity contribution in [3.63, 3.8) is 0 Å². The minimum absolute atomic E-state index is 0.0557. The summed E-state index contributed by atoms with van der Waals surface area (Å²) in [4.78, 5) is 44.2. The summed E-state index contributed by atoms with van der Waals surface area (Å²) in [6.07, 6.45) is 0. The van der Waals surface area contributed by atoms with Gasteiger partial charge in [0, 0.05) is 30.0 Å². The quantitative estimate of drug-likeness (QED) is 0.291. The lowest BCUT2D eigenvalue weighted by atomic mass is 10.1. The molecule has 0 aliphatic carbocycles. The molecule has 0 amide bonds. The van der Waals surface area contributed by atoms with E-state index in [-0.39, 0.29) is 22.5 Å². The van der Waals surface area contributed by atoms with E-state index >= 15 is 0 Å². The highest BCUT2D eigenvalue weighted by Crippen LogP contribution is 2.21. The van der Waals surface area contributed by atoms with Crippen LogP contribution in [-0.2, 0) is 4.74 Å². The second-order valence-electron chi connectivity index (χ2n) is 5.06. The molecule has 0 radical (unpaired) electrons. The lowest BCUT2D eigenvalue weighted by Gasteiger charge is -2.05. The van der Waals surface area contributed by atoms with Crippen LogP contribution in [0, 0.1) is 27.2 Å². The summed E-state index contributed by atoms with van der Waals surface area (Å²) in [5, 5.41) is 21.6. The number of non-ortho nitro benzene ring substituents is 2. The Morgan fingerprint density at radius 2 is 1.36 bits per heavy atom. The molecule has 2 rings (SSSR count). The Labute approximate surface area is 140 Å². The summed E-state index contributed by atoms with van der Waals surface area (Å²) in [7, 11) is 0. The number of hydrogen-bond acceptors (Lipinski definition) is 8. The number of hydrogen-bond donors (Lipinski definition) is 1. The van der Waals surface area contributed by atoms with Crippen LogP contribution < -0.4 is 5.73 Å². The van der Waals surface area contributed by atoms with Gasteiger partial charge in [-0.1, -0.05) is 0 Å². The molecule has 0 spiro atoms. The minimum Gasteiger partial charge on any atom is -0.399 e. The standard InChI is InChI=1S/C15H11N3O7/c1-8-2-9(5-12(3-8)17(21)22)14(19)25-15(20)10-4-11(16)7-13(6-10)18(23)24/h2-7H,16H2,1H3. The summed E-state index contributed by atoms with van der Waals surface area (Å²) >= 11 is 0. The first-order valence-electron chi connectivity index (χ1n) is 6.75. The van der Waals surface area contributed by atoms with Crippen molar-refractivity contribution in [1.82, 2.24) is 0 Å². The number of rotatable bonds is 4. The van der Waals surface area contributed by atoms with Crippen molar-refractivity contribution in [2.75, 3.05) is 5.73 Å². The molecule has 10 nitrogen and oxygen atoms in total. The van der Waals surface area contributed by atoms with E-state index in [2.05, 4.69) is 4.74 Å². The van der Waals surface area contributed by atoms with Gasteiger partial charge >= 0.3 is 11.9 Å². The van der Waals surface area contributed by atoms with Crippen molar-refractivity contribution >= 4 is 29.0 Å². The van der Waals surface area contributed by atoms with E-state index in [0.29, 0.717) is 5.56 Å². The number of nitro benzene ring substituents is 2. The molecule has 0 fully saturated rings. The molecular formula is C15H11N3O7. The number of nitrogens with zero attached hydrogens (tertiary/aromatic N) is 2. The normalized spacial score (nSPS) is 10.1. The number of nitro groups is 2. The zero-order chi connectivity index (χ0) is 18.7. The number of ether oxygens (including phenoxy) is 1. The Balaban J connectivity index is 2.28. The van der Waals surface area contributed by atoms with Gasteiger partial charge in [0.15, 0.2) is 0 Å². The van der Waals surface area contributed by atoms with E-state index < -0.39 is 27.5 Å². The van der Waals surface area contributed by atoms with Crippen LogP contribution in [-0.4, -0.2) is 21.8 Å². The lowest BCUT2D eigenvalue weighted by molar-refractivity contribution is -0.385. The highest BCUT2D eigenvalue weighted by atomic mass is 16.6. The van der Waals surface area contributed by atoms with Crippen molar-refractivity contribution in [2.45, 2.75) is 6.92 Å². The number of benzene rings is 2. The molecule has 2 aromatic rings. The van der Waals surface area contributed by atoms with Crippen LogP contribution in [0.1, 0.15) is 26.3 Å². The molecular weight excluding hydrogens is 334 g/mol. The first-order valence-corrected chi connectivity index (χ1v) is 6.75. The highest BCUT2D eigenvalue weighted by molar-refractivity contribution is 6.03. The van der Waals surface area contributed by atoms with Gasteiger partial charge in [-0.3, -0.25) is 20.2 Å².